The molecule has 1 aliphatic heterocycles. The standard InChI is InChI=1S/C23H22BrCl2N3O4S/c1-23(13-15-4-6-16(24)7-5-15)21(31)28(19-11-17(25)10-18(26)12-19)22-27-14-20(29(22)23)34(32,33)9-3-2-8-30/h4-7,10-12,14,30H,2-3,8-9,13H2,1H3. The summed E-state index contributed by atoms with van der Waals surface area (Å²) < 4.78 is 28.9. The summed E-state index contributed by atoms with van der Waals surface area (Å²) in [6.07, 6.45) is 2.19. The minimum Gasteiger partial charge on any atom is -0.396 e. The molecule has 1 atom stereocenters. The summed E-state index contributed by atoms with van der Waals surface area (Å²) in [7, 11) is -3.78. The molecule has 0 aliphatic carbocycles. The number of anilines is 2. The van der Waals surface area contributed by atoms with Gasteiger partial charge in [0.2, 0.25) is 5.95 Å². The van der Waals surface area contributed by atoms with Crippen molar-refractivity contribution in [2.45, 2.75) is 36.8 Å². The van der Waals surface area contributed by atoms with Crippen LogP contribution in [0.5, 0.6) is 0 Å². The lowest BCUT2D eigenvalue weighted by Gasteiger charge is -2.26. The maximum absolute atomic E-state index is 13.9. The monoisotopic (exact) mass is 585 g/mol. The first-order valence-corrected chi connectivity index (χ1v) is 13.7. The van der Waals surface area contributed by atoms with Gasteiger partial charge in [0, 0.05) is 27.5 Å². The molecule has 0 fully saturated rings. The quantitative estimate of drug-likeness (QED) is 0.369. The molecule has 7 nitrogen and oxygen atoms in total. The lowest BCUT2D eigenvalue weighted by Crippen LogP contribution is -2.42. The SMILES string of the molecule is CC1(Cc2ccc(Br)cc2)C(=O)N(c2cc(Cl)cc(Cl)c2)c2ncc(S(=O)(=O)CCCCO)n21. The number of halogens is 3. The molecule has 2 aromatic carbocycles. The van der Waals surface area contributed by atoms with Gasteiger partial charge in [0.15, 0.2) is 14.9 Å². The van der Waals surface area contributed by atoms with E-state index >= 15 is 0 Å². The summed E-state index contributed by atoms with van der Waals surface area (Å²) in [4.78, 5) is 19.6. The Hall–Kier alpha value is -1.91. The number of sulfone groups is 1. The van der Waals surface area contributed by atoms with Crippen molar-refractivity contribution >= 4 is 66.5 Å². The highest BCUT2D eigenvalue weighted by molar-refractivity contribution is 9.10. The van der Waals surface area contributed by atoms with Crippen LogP contribution in [0.15, 0.2) is 58.2 Å². The zero-order valence-corrected chi connectivity index (χ0v) is 22.1. The van der Waals surface area contributed by atoms with Gasteiger partial charge in [-0.05, 0) is 55.7 Å². The van der Waals surface area contributed by atoms with Crippen molar-refractivity contribution in [3.05, 3.63) is 68.7 Å². The Labute approximate surface area is 216 Å². The molecular formula is C23H22BrCl2N3O4S. The van der Waals surface area contributed by atoms with E-state index in [0.717, 1.165) is 10.0 Å². The molecular weight excluding hydrogens is 565 g/mol. The normalized spacial score (nSPS) is 17.9. The fraction of sp³-hybridized carbons (Fsp3) is 0.304. The van der Waals surface area contributed by atoms with E-state index in [1.165, 1.54) is 15.7 Å². The highest BCUT2D eigenvalue weighted by atomic mass is 79.9. The van der Waals surface area contributed by atoms with Gasteiger partial charge in [-0.25, -0.2) is 18.3 Å². The molecule has 0 bridgehead atoms. The molecule has 0 radical (unpaired) electrons. The van der Waals surface area contributed by atoms with Gasteiger partial charge in [0.1, 0.15) is 5.54 Å². The van der Waals surface area contributed by atoms with Crippen LogP contribution in [-0.2, 0) is 26.6 Å². The average molecular weight is 587 g/mol. The van der Waals surface area contributed by atoms with Crippen LogP contribution in [-0.4, -0.2) is 41.3 Å². The molecule has 0 spiro atoms. The first-order valence-electron chi connectivity index (χ1n) is 10.5. The number of hydrogen-bond acceptors (Lipinski definition) is 5. The number of aliphatic hydroxyl groups is 1. The van der Waals surface area contributed by atoms with Crippen molar-refractivity contribution in [1.29, 1.82) is 0 Å². The Kier molecular flexibility index (Phi) is 7.13. The molecule has 2 heterocycles. The number of aliphatic hydroxyl groups excluding tert-OH is 1. The summed E-state index contributed by atoms with van der Waals surface area (Å²) in [6, 6.07) is 12.2. The van der Waals surface area contributed by atoms with Crippen molar-refractivity contribution in [3.63, 3.8) is 0 Å². The summed E-state index contributed by atoms with van der Waals surface area (Å²) >= 11 is 15.8. The number of nitrogens with zero attached hydrogens (tertiary/aromatic N) is 3. The van der Waals surface area contributed by atoms with Crippen molar-refractivity contribution < 1.29 is 18.3 Å². The van der Waals surface area contributed by atoms with E-state index in [1.807, 2.05) is 24.3 Å². The van der Waals surface area contributed by atoms with Gasteiger partial charge >= 0.3 is 0 Å². The van der Waals surface area contributed by atoms with Crippen LogP contribution in [0.2, 0.25) is 10.0 Å². The third kappa shape index (κ3) is 4.64. The van der Waals surface area contributed by atoms with Crippen LogP contribution >= 0.6 is 39.1 Å². The zero-order valence-electron chi connectivity index (χ0n) is 18.2. The Bertz CT molecular complexity index is 1320. The number of rotatable bonds is 8. The van der Waals surface area contributed by atoms with E-state index in [9.17, 15) is 13.2 Å². The molecule has 1 aliphatic rings. The van der Waals surface area contributed by atoms with Crippen molar-refractivity contribution in [1.82, 2.24) is 9.55 Å². The number of hydrogen-bond donors (Lipinski definition) is 1. The van der Waals surface area contributed by atoms with Gasteiger partial charge < -0.3 is 5.11 Å². The summed E-state index contributed by atoms with van der Waals surface area (Å²) in [6.45, 7) is 1.62. The van der Waals surface area contributed by atoms with Crippen molar-refractivity contribution in [3.8, 4) is 0 Å². The van der Waals surface area contributed by atoms with E-state index in [2.05, 4.69) is 20.9 Å². The summed E-state index contributed by atoms with van der Waals surface area (Å²) in [5.74, 6) is -0.322. The molecule has 0 saturated carbocycles. The first-order chi connectivity index (χ1) is 16.1. The largest absolute Gasteiger partial charge is 0.396 e. The summed E-state index contributed by atoms with van der Waals surface area (Å²) in [5.41, 5.74) is -0.0141. The van der Waals surface area contributed by atoms with Gasteiger partial charge in [-0.15, -0.1) is 0 Å². The zero-order chi connectivity index (χ0) is 24.7. The average Bonchev–Trinajstić information content (AvgIpc) is 3.28. The van der Waals surface area contributed by atoms with Crippen LogP contribution in [0.4, 0.5) is 11.6 Å². The third-order valence-corrected chi connectivity index (χ3v) is 8.49. The number of amides is 1. The van der Waals surface area contributed by atoms with Gasteiger partial charge in [-0.3, -0.25) is 9.36 Å². The van der Waals surface area contributed by atoms with Gasteiger partial charge in [0.05, 0.1) is 17.6 Å². The fourth-order valence-corrected chi connectivity index (χ4v) is 6.51. The first kappa shape index (κ1) is 25.2. The number of aromatic nitrogens is 2. The molecule has 34 heavy (non-hydrogen) atoms. The Morgan fingerprint density at radius 2 is 1.74 bits per heavy atom. The Morgan fingerprint density at radius 3 is 2.35 bits per heavy atom. The molecule has 11 heteroatoms. The molecule has 0 saturated heterocycles. The molecule has 3 aromatic rings. The lowest BCUT2D eigenvalue weighted by atomic mass is 9.92. The van der Waals surface area contributed by atoms with Crippen LogP contribution in [0, 0.1) is 0 Å². The number of carbonyl (C=O) groups is 1. The molecule has 1 unspecified atom stereocenters. The van der Waals surface area contributed by atoms with Crippen LogP contribution in [0.1, 0.15) is 25.3 Å². The number of fused-ring (bicyclic) bond motifs is 1. The molecule has 1 aromatic heterocycles. The molecule has 180 valence electrons. The van der Waals surface area contributed by atoms with E-state index in [1.54, 1.807) is 25.1 Å². The van der Waals surface area contributed by atoms with E-state index in [0.29, 0.717) is 28.6 Å². The van der Waals surface area contributed by atoms with E-state index in [4.69, 9.17) is 28.3 Å². The lowest BCUT2D eigenvalue weighted by molar-refractivity contribution is -0.124. The van der Waals surface area contributed by atoms with E-state index in [-0.39, 0.29) is 35.7 Å². The van der Waals surface area contributed by atoms with Crippen LogP contribution in [0.3, 0.4) is 0 Å². The highest BCUT2D eigenvalue weighted by Crippen LogP contribution is 2.44. The molecule has 1 amide bonds. The van der Waals surface area contributed by atoms with E-state index < -0.39 is 15.4 Å². The predicted octanol–water partition coefficient (Wildman–Crippen LogP) is 5.13. The maximum Gasteiger partial charge on any atom is 0.260 e. The second-order valence-electron chi connectivity index (χ2n) is 8.33. The topological polar surface area (TPSA) is 92.5 Å². The Morgan fingerprint density at radius 1 is 1.09 bits per heavy atom. The third-order valence-electron chi connectivity index (χ3n) is 5.78. The van der Waals surface area contributed by atoms with Crippen LogP contribution < -0.4 is 4.90 Å². The number of benzene rings is 2. The predicted molar refractivity (Wildman–Crippen MR) is 136 cm³/mol. The minimum absolute atomic E-state index is 0.0379. The van der Waals surface area contributed by atoms with Gasteiger partial charge in [-0.1, -0.05) is 51.3 Å². The number of imidazole rings is 1. The van der Waals surface area contributed by atoms with Crippen molar-refractivity contribution in [2.75, 3.05) is 17.3 Å². The second-order valence-corrected chi connectivity index (χ2v) is 12.2. The molecule has 4 rings (SSSR count). The second kappa shape index (κ2) is 9.62. The Balaban J connectivity index is 1.87. The number of carbonyl (C=O) groups excluding carboxylic acids is 1. The summed E-state index contributed by atoms with van der Waals surface area (Å²) in [5, 5.41) is 9.71. The van der Waals surface area contributed by atoms with Crippen LogP contribution in [0.25, 0.3) is 0 Å². The van der Waals surface area contributed by atoms with Gasteiger partial charge in [0.25, 0.3) is 5.91 Å². The number of unbranched alkanes of at least 4 members (excludes halogenated alkanes) is 1. The minimum atomic E-state index is -3.78. The van der Waals surface area contributed by atoms with Crippen molar-refractivity contribution in [2.24, 2.45) is 0 Å². The smallest absolute Gasteiger partial charge is 0.260 e. The van der Waals surface area contributed by atoms with Gasteiger partial charge in [-0.2, -0.15) is 0 Å². The fourth-order valence-electron chi connectivity index (χ4n) is 4.16. The molecule has 1 N–H and O–H groups in total. The highest BCUT2D eigenvalue weighted by Gasteiger charge is 2.51. The maximum atomic E-state index is 13.9.